The number of ether oxygens (including phenoxy) is 1. The third-order valence-corrected chi connectivity index (χ3v) is 3.34. The van der Waals surface area contributed by atoms with Gasteiger partial charge < -0.3 is 4.74 Å². The zero-order chi connectivity index (χ0) is 15.4. The van der Waals surface area contributed by atoms with E-state index in [4.69, 9.17) is 4.74 Å². The molecule has 2 nitrogen and oxygen atoms in total. The molecule has 0 saturated heterocycles. The number of rotatable bonds is 4. The molecular formula is C19H16FNO. The number of halogens is 1. The molecule has 110 valence electrons. The van der Waals surface area contributed by atoms with Gasteiger partial charge in [-0.3, -0.25) is 0 Å². The Balaban J connectivity index is 2.09. The first-order valence-corrected chi connectivity index (χ1v) is 7.22. The highest BCUT2D eigenvalue weighted by atomic mass is 19.1. The molecule has 0 spiro atoms. The fourth-order valence-electron chi connectivity index (χ4n) is 2.29. The van der Waals surface area contributed by atoms with Crippen LogP contribution in [0.3, 0.4) is 0 Å². The molecule has 2 aromatic carbocycles. The van der Waals surface area contributed by atoms with Crippen molar-refractivity contribution >= 4 is 0 Å². The summed E-state index contributed by atoms with van der Waals surface area (Å²) in [5.74, 6) is 0.328. The Hall–Kier alpha value is -2.68. The van der Waals surface area contributed by atoms with Gasteiger partial charge in [-0.1, -0.05) is 42.5 Å². The Morgan fingerprint density at radius 1 is 0.864 bits per heavy atom. The van der Waals surface area contributed by atoms with Crippen LogP contribution in [0.5, 0.6) is 5.88 Å². The fraction of sp³-hybridized carbons (Fsp3) is 0.105. The number of nitrogens with zero attached hydrogens (tertiary/aromatic N) is 1. The van der Waals surface area contributed by atoms with Crippen molar-refractivity contribution in [2.45, 2.75) is 6.92 Å². The zero-order valence-corrected chi connectivity index (χ0v) is 12.3. The largest absolute Gasteiger partial charge is 0.478 e. The number of hydrogen-bond acceptors (Lipinski definition) is 2. The van der Waals surface area contributed by atoms with Gasteiger partial charge in [-0.05, 0) is 36.2 Å². The Morgan fingerprint density at radius 3 is 2.27 bits per heavy atom. The second kappa shape index (κ2) is 6.39. The summed E-state index contributed by atoms with van der Waals surface area (Å²) in [6.07, 6.45) is 0. The van der Waals surface area contributed by atoms with Gasteiger partial charge in [0.25, 0.3) is 0 Å². The smallest absolute Gasteiger partial charge is 0.214 e. The Kier molecular flexibility index (Phi) is 4.15. The first-order chi connectivity index (χ1) is 10.8. The first-order valence-electron chi connectivity index (χ1n) is 7.22. The summed E-state index contributed by atoms with van der Waals surface area (Å²) >= 11 is 0. The van der Waals surface area contributed by atoms with E-state index in [1.807, 2.05) is 49.4 Å². The van der Waals surface area contributed by atoms with Gasteiger partial charge in [0.15, 0.2) is 0 Å². The summed E-state index contributed by atoms with van der Waals surface area (Å²) in [5.41, 5.74) is 3.75. The molecule has 3 heteroatoms. The molecule has 0 radical (unpaired) electrons. The lowest BCUT2D eigenvalue weighted by atomic mass is 10.0. The van der Waals surface area contributed by atoms with Gasteiger partial charge in [0.2, 0.25) is 5.88 Å². The summed E-state index contributed by atoms with van der Waals surface area (Å²) < 4.78 is 18.7. The third kappa shape index (κ3) is 3.14. The maximum atomic E-state index is 13.1. The second-order valence-corrected chi connectivity index (χ2v) is 4.89. The van der Waals surface area contributed by atoms with Crippen molar-refractivity contribution in [3.05, 3.63) is 72.5 Å². The topological polar surface area (TPSA) is 22.1 Å². The van der Waals surface area contributed by atoms with Crippen molar-refractivity contribution in [3.63, 3.8) is 0 Å². The van der Waals surface area contributed by atoms with Crippen LogP contribution in [0.15, 0.2) is 66.7 Å². The molecule has 1 aromatic heterocycles. The number of hydrogen-bond donors (Lipinski definition) is 0. The third-order valence-electron chi connectivity index (χ3n) is 3.34. The van der Waals surface area contributed by atoms with Crippen molar-refractivity contribution < 1.29 is 9.13 Å². The van der Waals surface area contributed by atoms with Gasteiger partial charge >= 0.3 is 0 Å². The molecule has 0 atom stereocenters. The monoisotopic (exact) mass is 293 g/mol. The van der Waals surface area contributed by atoms with E-state index in [1.165, 1.54) is 12.1 Å². The van der Waals surface area contributed by atoms with Crippen LogP contribution in [0.1, 0.15) is 6.92 Å². The number of pyridine rings is 1. The Bertz CT molecular complexity index is 754. The predicted molar refractivity (Wildman–Crippen MR) is 86.2 cm³/mol. The van der Waals surface area contributed by atoms with E-state index in [0.29, 0.717) is 12.5 Å². The van der Waals surface area contributed by atoms with Crippen molar-refractivity contribution in [3.8, 4) is 28.3 Å². The maximum Gasteiger partial charge on any atom is 0.214 e. The molecule has 0 bridgehead atoms. The van der Waals surface area contributed by atoms with Crippen LogP contribution in [0.4, 0.5) is 4.39 Å². The molecule has 0 saturated carbocycles. The summed E-state index contributed by atoms with van der Waals surface area (Å²) in [7, 11) is 0. The Labute approximate surface area is 129 Å². The van der Waals surface area contributed by atoms with Crippen molar-refractivity contribution in [1.82, 2.24) is 4.98 Å². The molecule has 1 heterocycles. The molecular weight excluding hydrogens is 277 g/mol. The molecule has 0 amide bonds. The normalized spacial score (nSPS) is 10.5. The molecule has 0 aliphatic rings. The van der Waals surface area contributed by atoms with E-state index in [0.717, 1.165) is 22.4 Å². The summed E-state index contributed by atoms with van der Waals surface area (Å²) in [4.78, 5) is 4.54. The van der Waals surface area contributed by atoms with E-state index in [-0.39, 0.29) is 5.82 Å². The van der Waals surface area contributed by atoms with Gasteiger partial charge in [-0.25, -0.2) is 9.37 Å². The van der Waals surface area contributed by atoms with Gasteiger partial charge in [0.1, 0.15) is 5.82 Å². The lowest BCUT2D eigenvalue weighted by molar-refractivity contribution is 0.327. The summed E-state index contributed by atoms with van der Waals surface area (Å²) in [6.45, 7) is 2.47. The van der Waals surface area contributed by atoms with Crippen molar-refractivity contribution in [2.24, 2.45) is 0 Å². The SMILES string of the molecule is CCOc1cc(-c2ccc(F)cc2)cc(-c2ccccc2)n1. The highest BCUT2D eigenvalue weighted by molar-refractivity contribution is 5.71. The van der Waals surface area contributed by atoms with Gasteiger partial charge in [-0.2, -0.15) is 0 Å². The van der Waals surface area contributed by atoms with Gasteiger partial charge in [0, 0.05) is 11.6 Å². The van der Waals surface area contributed by atoms with Crippen LogP contribution in [0, 0.1) is 5.82 Å². The van der Waals surface area contributed by atoms with Crippen LogP contribution in [0.2, 0.25) is 0 Å². The highest BCUT2D eigenvalue weighted by Crippen LogP contribution is 2.28. The van der Waals surface area contributed by atoms with Crippen molar-refractivity contribution in [1.29, 1.82) is 0 Å². The van der Waals surface area contributed by atoms with E-state index in [9.17, 15) is 4.39 Å². The minimum Gasteiger partial charge on any atom is -0.478 e. The second-order valence-electron chi connectivity index (χ2n) is 4.89. The van der Waals surface area contributed by atoms with E-state index >= 15 is 0 Å². The highest BCUT2D eigenvalue weighted by Gasteiger charge is 2.07. The predicted octanol–water partition coefficient (Wildman–Crippen LogP) is 4.95. The average Bonchev–Trinajstić information content (AvgIpc) is 2.56. The van der Waals surface area contributed by atoms with Crippen LogP contribution in [0.25, 0.3) is 22.4 Å². The minimum atomic E-state index is -0.244. The van der Waals surface area contributed by atoms with E-state index < -0.39 is 0 Å². The Morgan fingerprint density at radius 2 is 1.59 bits per heavy atom. The van der Waals surface area contributed by atoms with Crippen LogP contribution in [-0.2, 0) is 0 Å². The van der Waals surface area contributed by atoms with Gasteiger partial charge in [-0.15, -0.1) is 0 Å². The zero-order valence-electron chi connectivity index (χ0n) is 12.3. The number of aromatic nitrogens is 1. The minimum absolute atomic E-state index is 0.244. The fourth-order valence-corrected chi connectivity index (χ4v) is 2.29. The van der Waals surface area contributed by atoms with Gasteiger partial charge in [0.05, 0.1) is 12.3 Å². The average molecular weight is 293 g/mol. The molecule has 0 fully saturated rings. The lowest BCUT2D eigenvalue weighted by Gasteiger charge is -2.10. The molecule has 0 unspecified atom stereocenters. The van der Waals surface area contributed by atoms with Crippen LogP contribution in [-0.4, -0.2) is 11.6 Å². The van der Waals surface area contributed by atoms with Crippen LogP contribution >= 0.6 is 0 Å². The first kappa shape index (κ1) is 14.3. The van der Waals surface area contributed by atoms with Crippen LogP contribution < -0.4 is 4.74 Å². The quantitative estimate of drug-likeness (QED) is 0.678. The molecule has 3 rings (SSSR count). The lowest BCUT2D eigenvalue weighted by Crippen LogP contribution is -1.96. The summed E-state index contributed by atoms with van der Waals surface area (Å²) in [5, 5.41) is 0. The molecule has 3 aromatic rings. The molecule has 22 heavy (non-hydrogen) atoms. The van der Waals surface area contributed by atoms with E-state index in [1.54, 1.807) is 12.1 Å². The molecule has 0 aliphatic carbocycles. The standard InChI is InChI=1S/C19H16FNO/c1-2-22-19-13-16(14-8-10-17(20)11-9-14)12-18(21-19)15-6-4-3-5-7-15/h3-13H,2H2,1H3. The molecule has 0 aliphatic heterocycles. The molecule has 0 N–H and O–H groups in total. The summed E-state index contributed by atoms with van der Waals surface area (Å²) in [6, 6.07) is 20.2. The van der Waals surface area contributed by atoms with Crippen molar-refractivity contribution in [2.75, 3.05) is 6.61 Å². The maximum absolute atomic E-state index is 13.1. The van der Waals surface area contributed by atoms with E-state index in [2.05, 4.69) is 4.98 Å². The number of benzene rings is 2.